The number of benzene rings is 1. The molecule has 0 saturated heterocycles. The lowest BCUT2D eigenvalue weighted by Gasteiger charge is -2.04. The maximum atomic E-state index is 13.8. The molecule has 3 N–H and O–H groups in total. The molecule has 2 aromatic rings. The number of nitrogens with two attached hydrogens (primary N) is 1. The molecule has 22 heavy (non-hydrogen) atoms. The lowest BCUT2D eigenvalue weighted by molar-refractivity contribution is -0.119. The molecule has 1 heterocycles. The predicted octanol–water partition coefficient (Wildman–Crippen LogP) is 1.30. The number of hydrogen-bond acceptors (Lipinski definition) is 5. The second-order valence-electron chi connectivity index (χ2n) is 4.36. The highest BCUT2D eigenvalue weighted by Gasteiger charge is 2.14. The van der Waals surface area contributed by atoms with Gasteiger partial charge in [-0.3, -0.25) is 10.1 Å². The van der Waals surface area contributed by atoms with Crippen LogP contribution >= 0.6 is 11.8 Å². The Hall–Kier alpha value is -2.42. The van der Waals surface area contributed by atoms with Crippen molar-refractivity contribution in [1.29, 1.82) is 0 Å². The van der Waals surface area contributed by atoms with Crippen LogP contribution in [0.25, 0.3) is 11.4 Å². The highest BCUT2D eigenvalue weighted by Crippen LogP contribution is 2.24. The molecule has 0 fully saturated rings. The summed E-state index contributed by atoms with van der Waals surface area (Å²) >= 11 is 1.28. The van der Waals surface area contributed by atoms with E-state index in [0.717, 1.165) is 0 Å². The first-order valence-electron chi connectivity index (χ1n) is 6.35. The van der Waals surface area contributed by atoms with Gasteiger partial charge in [0.15, 0.2) is 11.0 Å². The average molecular weight is 323 g/mol. The normalized spacial score (nSPS) is 10.5. The van der Waals surface area contributed by atoms with Gasteiger partial charge in [-0.15, -0.1) is 10.2 Å². The van der Waals surface area contributed by atoms with Gasteiger partial charge in [0.2, 0.25) is 5.91 Å². The molecule has 0 spiro atoms. The van der Waals surface area contributed by atoms with E-state index >= 15 is 0 Å². The number of nitrogens with one attached hydrogen (secondary N) is 1. The summed E-state index contributed by atoms with van der Waals surface area (Å²) < 4.78 is 15.4. The summed E-state index contributed by atoms with van der Waals surface area (Å²) in [6.07, 6.45) is 0.107. The summed E-state index contributed by atoms with van der Waals surface area (Å²) in [6, 6.07) is 5.41. The Labute approximate surface area is 130 Å². The van der Waals surface area contributed by atoms with Crippen molar-refractivity contribution in [3.63, 3.8) is 0 Å². The van der Waals surface area contributed by atoms with E-state index < -0.39 is 11.9 Å². The minimum Gasteiger partial charge on any atom is -0.351 e. The molecule has 1 aromatic heterocycles. The number of primary amides is 1. The highest BCUT2D eigenvalue weighted by atomic mass is 32.2. The zero-order chi connectivity index (χ0) is 16.1. The molecule has 0 aliphatic carbocycles. The Morgan fingerprint density at radius 3 is 2.77 bits per heavy atom. The van der Waals surface area contributed by atoms with Crippen LogP contribution in [0.1, 0.15) is 6.42 Å². The molecular formula is C13H14FN5O2S. The molecule has 0 unspecified atom stereocenters. The third-order valence-electron chi connectivity index (χ3n) is 2.77. The number of hydrogen-bond donors (Lipinski definition) is 2. The van der Waals surface area contributed by atoms with Gasteiger partial charge in [-0.25, -0.2) is 9.18 Å². The summed E-state index contributed by atoms with van der Waals surface area (Å²) in [6.45, 7) is 0. The molecule has 7 nitrogen and oxygen atoms in total. The van der Waals surface area contributed by atoms with E-state index in [9.17, 15) is 14.0 Å². The van der Waals surface area contributed by atoms with Crippen molar-refractivity contribution < 1.29 is 14.0 Å². The number of amides is 3. The number of nitrogens with zero attached hydrogens (tertiary/aromatic N) is 3. The number of aromatic nitrogens is 3. The quantitative estimate of drug-likeness (QED) is 0.807. The van der Waals surface area contributed by atoms with E-state index in [1.54, 1.807) is 29.8 Å². The molecule has 0 radical (unpaired) electrons. The zero-order valence-electron chi connectivity index (χ0n) is 11.7. The molecule has 0 aliphatic heterocycles. The molecule has 1 aromatic carbocycles. The predicted molar refractivity (Wildman–Crippen MR) is 79.5 cm³/mol. The molecule has 3 amide bonds. The van der Waals surface area contributed by atoms with Crippen LogP contribution in [0, 0.1) is 5.82 Å². The Bertz CT molecular complexity index is 703. The Balaban J connectivity index is 2.01. The van der Waals surface area contributed by atoms with Gasteiger partial charge in [-0.2, -0.15) is 0 Å². The number of imide groups is 1. The monoisotopic (exact) mass is 323 g/mol. The van der Waals surface area contributed by atoms with Gasteiger partial charge in [0.1, 0.15) is 5.82 Å². The molecule has 0 bridgehead atoms. The molecule has 0 saturated carbocycles. The van der Waals surface area contributed by atoms with E-state index in [2.05, 4.69) is 10.2 Å². The van der Waals surface area contributed by atoms with Crippen LogP contribution in [0.5, 0.6) is 0 Å². The summed E-state index contributed by atoms with van der Waals surface area (Å²) in [4.78, 5) is 21.8. The summed E-state index contributed by atoms with van der Waals surface area (Å²) in [5, 5.41) is 10.5. The van der Waals surface area contributed by atoms with E-state index in [1.807, 2.05) is 5.32 Å². The lowest BCUT2D eigenvalue weighted by atomic mass is 10.2. The van der Waals surface area contributed by atoms with Gasteiger partial charge in [0.05, 0.1) is 5.56 Å². The Morgan fingerprint density at radius 1 is 1.36 bits per heavy atom. The maximum Gasteiger partial charge on any atom is 0.318 e. The number of carbonyl (C=O) groups is 2. The van der Waals surface area contributed by atoms with Crippen molar-refractivity contribution in [2.45, 2.75) is 11.6 Å². The van der Waals surface area contributed by atoms with Gasteiger partial charge < -0.3 is 10.3 Å². The van der Waals surface area contributed by atoms with Crippen LogP contribution in [0.2, 0.25) is 0 Å². The first-order chi connectivity index (χ1) is 10.5. The van der Waals surface area contributed by atoms with Crippen molar-refractivity contribution in [3.8, 4) is 11.4 Å². The summed E-state index contributed by atoms with van der Waals surface area (Å²) in [7, 11) is 1.72. The van der Waals surface area contributed by atoms with Crippen LogP contribution in [0.3, 0.4) is 0 Å². The van der Waals surface area contributed by atoms with Crippen LogP contribution in [-0.4, -0.2) is 32.5 Å². The molecule has 9 heteroatoms. The summed E-state index contributed by atoms with van der Waals surface area (Å²) in [5.74, 6) is -0.0448. The fourth-order valence-corrected chi connectivity index (χ4v) is 2.60. The van der Waals surface area contributed by atoms with Crippen LogP contribution in [-0.2, 0) is 11.8 Å². The second-order valence-corrected chi connectivity index (χ2v) is 5.42. The van der Waals surface area contributed by atoms with E-state index in [1.165, 1.54) is 17.8 Å². The van der Waals surface area contributed by atoms with Gasteiger partial charge in [-0.1, -0.05) is 23.9 Å². The number of halogens is 1. The van der Waals surface area contributed by atoms with Crippen molar-refractivity contribution in [1.82, 2.24) is 20.1 Å². The third kappa shape index (κ3) is 3.82. The largest absolute Gasteiger partial charge is 0.351 e. The Kier molecular flexibility index (Phi) is 5.10. The molecule has 0 atom stereocenters. The highest BCUT2D eigenvalue weighted by molar-refractivity contribution is 7.99. The maximum absolute atomic E-state index is 13.8. The van der Waals surface area contributed by atoms with E-state index in [4.69, 9.17) is 5.73 Å². The topological polar surface area (TPSA) is 103 Å². The lowest BCUT2D eigenvalue weighted by Crippen LogP contribution is -2.35. The number of carbonyl (C=O) groups excluding carboxylic acids is 2. The SMILES string of the molecule is Cn1c(SCCC(=O)NC(N)=O)nnc1-c1ccccc1F. The smallest absolute Gasteiger partial charge is 0.318 e. The zero-order valence-corrected chi connectivity index (χ0v) is 12.6. The molecular weight excluding hydrogens is 309 g/mol. The van der Waals surface area contributed by atoms with E-state index in [-0.39, 0.29) is 12.2 Å². The van der Waals surface area contributed by atoms with Gasteiger partial charge in [-0.05, 0) is 12.1 Å². The molecule has 2 rings (SSSR count). The van der Waals surface area contributed by atoms with Gasteiger partial charge in [0, 0.05) is 19.2 Å². The first-order valence-corrected chi connectivity index (χ1v) is 7.34. The summed E-state index contributed by atoms with van der Waals surface area (Å²) in [5.41, 5.74) is 5.20. The number of urea groups is 1. The van der Waals surface area contributed by atoms with Crippen molar-refractivity contribution in [2.24, 2.45) is 12.8 Å². The standard InChI is InChI=1S/C13H14FN5O2S/c1-19-11(8-4-2-3-5-9(8)14)17-18-13(19)22-7-6-10(20)16-12(15)21/h2-5H,6-7H2,1H3,(H3,15,16,20,21). The van der Waals surface area contributed by atoms with Crippen LogP contribution in [0.15, 0.2) is 29.4 Å². The van der Waals surface area contributed by atoms with Crippen molar-refractivity contribution in [3.05, 3.63) is 30.1 Å². The first kappa shape index (κ1) is 16.0. The average Bonchev–Trinajstić information content (AvgIpc) is 2.80. The van der Waals surface area contributed by atoms with Gasteiger partial charge in [0.25, 0.3) is 0 Å². The van der Waals surface area contributed by atoms with Crippen molar-refractivity contribution >= 4 is 23.7 Å². The molecule has 0 aliphatic rings. The van der Waals surface area contributed by atoms with Crippen LogP contribution < -0.4 is 11.1 Å². The molecule has 116 valence electrons. The van der Waals surface area contributed by atoms with Gasteiger partial charge >= 0.3 is 6.03 Å². The third-order valence-corrected chi connectivity index (χ3v) is 3.79. The minimum atomic E-state index is -0.879. The minimum absolute atomic E-state index is 0.107. The number of thioether (sulfide) groups is 1. The van der Waals surface area contributed by atoms with Crippen LogP contribution in [0.4, 0.5) is 9.18 Å². The second kappa shape index (κ2) is 7.03. The fourth-order valence-electron chi connectivity index (χ4n) is 1.75. The fraction of sp³-hybridized carbons (Fsp3) is 0.231. The Morgan fingerprint density at radius 2 is 2.09 bits per heavy atom. The van der Waals surface area contributed by atoms with Crippen molar-refractivity contribution in [2.75, 3.05) is 5.75 Å². The number of rotatable bonds is 5. The van der Waals surface area contributed by atoms with E-state index in [0.29, 0.717) is 22.3 Å².